The largest absolute Gasteiger partial charge is 0.379 e. The Balaban J connectivity index is 2.16. The number of benzene rings is 1. The smallest absolute Gasteiger partial charge is 0.251 e. The maximum Gasteiger partial charge on any atom is 0.251 e. The minimum absolute atomic E-state index is 0.0527. The summed E-state index contributed by atoms with van der Waals surface area (Å²) in [6, 6.07) is 9.90. The molecule has 0 spiro atoms. The Hall–Kier alpha value is -2.23. The molecule has 0 aliphatic carbocycles. The van der Waals surface area contributed by atoms with E-state index in [4.69, 9.17) is 0 Å². The SMILES string of the molecule is CCn1cccc1CNc1cccc(C(=O)NC)c1C. The van der Waals surface area contributed by atoms with Gasteiger partial charge in [-0.05, 0) is 43.7 Å². The Kier molecular flexibility index (Phi) is 4.45. The standard InChI is InChI=1S/C16H21N3O/c1-4-19-10-6-7-13(19)11-18-15-9-5-8-14(12(15)2)16(20)17-3/h5-10,18H,4,11H2,1-3H3,(H,17,20). The van der Waals surface area contributed by atoms with Crippen molar-refractivity contribution in [2.75, 3.05) is 12.4 Å². The molecule has 1 aromatic heterocycles. The van der Waals surface area contributed by atoms with Crippen LogP contribution in [0.2, 0.25) is 0 Å². The zero-order chi connectivity index (χ0) is 14.5. The van der Waals surface area contributed by atoms with Gasteiger partial charge in [-0.3, -0.25) is 4.79 Å². The van der Waals surface area contributed by atoms with Gasteiger partial charge in [0.05, 0.1) is 6.54 Å². The van der Waals surface area contributed by atoms with Crippen molar-refractivity contribution in [3.63, 3.8) is 0 Å². The van der Waals surface area contributed by atoms with E-state index in [0.29, 0.717) is 5.56 Å². The number of hydrogen-bond acceptors (Lipinski definition) is 2. The van der Waals surface area contributed by atoms with E-state index in [1.54, 1.807) is 7.05 Å². The summed E-state index contributed by atoms with van der Waals surface area (Å²) in [5.74, 6) is -0.0527. The van der Waals surface area contributed by atoms with Crippen LogP contribution in [0.4, 0.5) is 5.69 Å². The first-order valence-electron chi connectivity index (χ1n) is 6.87. The molecule has 2 rings (SSSR count). The Morgan fingerprint density at radius 2 is 2.05 bits per heavy atom. The number of amides is 1. The summed E-state index contributed by atoms with van der Waals surface area (Å²) in [7, 11) is 1.65. The van der Waals surface area contributed by atoms with Crippen molar-refractivity contribution in [3.8, 4) is 0 Å². The predicted octanol–water partition coefficient (Wildman–Crippen LogP) is 2.79. The summed E-state index contributed by atoms with van der Waals surface area (Å²) in [4.78, 5) is 11.8. The molecule has 0 saturated heterocycles. The van der Waals surface area contributed by atoms with Gasteiger partial charge in [0.2, 0.25) is 0 Å². The molecule has 4 heteroatoms. The Morgan fingerprint density at radius 1 is 1.25 bits per heavy atom. The van der Waals surface area contributed by atoms with Crippen molar-refractivity contribution < 1.29 is 4.79 Å². The lowest BCUT2D eigenvalue weighted by molar-refractivity contribution is 0.0962. The zero-order valence-corrected chi connectivity index (χ0v) is 12.2. The average Bonchev–Trinajstić information content (AvgIpc) is 2.93. The van der Waals surface area contributed by atoms with Gasteiger partial charge in [0.25, 0.3) is 5.91 Å². The Bertz CT molecular complexity index is 602. The van der Waals surface area contributed by atoms with Gasteiger partial charge in [0.15, 0.2) is 0 Å². The predicted molar refractivity (Wildman–Crippen MR) is 82.0 cm³/mol. The maximum atomic E-state index is 11.8. The van der Waals surface area contributed by atoms with Crippen molar-refractivity contribution in [3.05, 3.63) is 53.3 Å². The van der Waals surface area contributed by atoms with Gasteiger partial charge in [-0.25, -0.2) is 0 Å². The summed E-state index contributed by atoms with van der Waals surface area (Å²) in [6.45, 7) is 5.80. The van der Waals surface area contributed by atoms with E-state index < -0.39 is 0 Å². The summed E-state index contributed by atoms with van der Waals surface area (Å²) in [5, 5.41) is 6.07. The van der Waals surface area contributed by atoms with Crippen molar-refractivity contribution in [1.82, 2.24) is 9.88 Å². The molecule has 1 heterocycles. The van der Waals surface area contributed by atoms with E-state index in [-0.39, 0.29) is 5.91 Å². The maximum absolute atomic E-state index is 11.8. The molecule has 1 amide bonds. The van der Waals surface area contributed by atoms with E-state index in [0.717, 1.165) is 24.3 Å². The lowest BCUT2D eigenvalue weighted by Gasteiger charge is -2.13. The van der Waals surface area contributed by atoms with E-state index in [1.807, 2.05) is 31.2 Å². The van der Waals surface area contributed by atoms with E-state index in [2.05, 4.69) is 34.4 Å². The molecule has 4 nitrogen and oxygen atoms in total. The molecule has 1 aromatic carbocycles. The zero-order valence-electron chi connectivity index (χ0n) is 12.2. The fourth-order valence-electron chi connectivity index (χ4n) is 2.31. The normalized spacial score (nSPS) is 10.3. The van der Waals surface area contributed by atoms with Crippen LogP contribution in [-0.4, -0.2) is 17.5 Å². The number of rotatable bonds is 5. The van der Waals surface area contributed by atoms with Crippen LogP contribution in [0.5, 0.6) is 0 Å². The molecular weight excluding hydrogens is 250 g/mol. The topological polar surface area (TPSA) is 46.1 Å². The number of aromatic nitrogens is 1. The van der Waals surface area contributed by atoms with Crippen LogP contribution >= 0.6 is 0 Å². The summed E-state index contributed by atoms with van der Waals surface area (Å²) in [5.41, 5.74) is 3.91. The molecule has 0 fully saturated rings. The fraction of sp³-hybridized carbons (Fsp3) is 0.312. The quantitative estimate of drug-likeness (QED) is 0.878. The second-order valence-corrected chi connectivity index (χ2v) is 4.70. The van der Waals surface area contributed by atoms with Crippen LogP contribution < -0.4 is 10.6 Å². The van der Waals surface area contributed by atoms with Crippen LogP contribution in [0.3, 0.4) is 0 Å². The van der Waals surface area contributed by atoms with Crippen molar-refractivity contribution in [2.45, 2.75) is 26.9 Å². The van der Waals surface area contributed by atoms with Crippen LogP contribution in [0, 0.1) is 6.92 Å². The molecule has 0 radical (unpaired) electrons. The van der Waals surface area contributed by atoms with Crippen LogP contribution in [-0.2, 0) is 13.1 Å². The lowest BCUT2D eigenvalue weighted by Crippen LogP contribution is -2.19. The van der Waals surface area contributed by atoms with Gasteiger partial charge in [-0.2, -0.15) is 0 Å². The first-order valence-corrected chi connectivity index (χ1v) is 6.87. The molecule has 2 aromatic rings. The molecule has 0 aliphatic heterocycles. The molecule has 0 saturated carbocycles. The molecule has 0 unspecified atom stereocenters. The molecule has 0 bridgehead atoms. The van der Waals surface area contributed by atoms with Gasteiger partial charge in [-0.1, -0.05) is 6.07 Å². The molecule has 0 atom stereocenters. The second-order valence-electron chi connectivity index (χ2n) is 4.70. The number of carbonyl (C=O) groups is 1. The van der Waals surface area contributed by atoms with Gasteiger partial charge >= 0.3 is 0 Å². The van der Waals surface area contributed by atoms with E-state index in [9.17, 15) is 4.79 Å². The van der Waals surface area contributed by atoms with Crippen molar-refractivity contribution in [2.24, 2.45) is 0 Å². The minimum Gasteiger partial charge on any atom is -0.379 e. The summed E-state index contributed by atoms with van der Waals surface area (Å²) in [6.07, 6.45) is 2.07. The number of aryl methyl sites for hydroxylation is 1. The first kappa shape index (κ1) is 14.2. The molecule has 2 N–H and O–H groups in total. The van der Waals surface area contributed by atoms with Gasteiger partial charge in [0, 0.05) is 36.7 Å². The number of nitrogens with one attached hydrogen (secondary N) is 2. The second kappa shape index (κ2) is 6.28. The monoisotopic (exact) mass is 271 g/mol. The number of anilines is 1. The van der Waals surface area contributed by atoms with Crippen molar-refractivity contribution in [1.29, 1.82) is 0 Å². The number of hydrogen-bond donors (Lipinski definition) is 2. The van der Waals surface area contributed by atoms with Crippen LogP contribution in [0.25, 0.3) is 0 Å². The molecular formula is C16H21N3O. The minimum atomic E-state index is -0.0527. The summed E-state index contributed by atoms with van der Waals surface area (Å²) < 4.78 is 2.20. The molecule has 0 aliphatic rings. The third-order valence-electron chi connectivity index (χ3n) is 3.53. The summed E-state index contributed by atoms with van der Waals surface area (Å²) >= 11 is 0. The van der Waals surface area contributed by atoms with Crippen LogP contribution in [0.1, 0.15) is 28.5 Å². The van der Waals surface area contributed by atoms with Gasteiger partial charge in [0.1, 0.15) is 0 Å². The Morgan fingerprint density at radius 3 is 2.75 bits per heavy atom. The van der Waals surface area contributed by atoms with Crippen molar-refractivity contribution >= 4 is 11.6 Å². The third kappa shape index (κ3) is 2.85. The highest BCUT2D eigenvalue weighted by molar-refractivity contribution is 5.96. The highest BCUT2D eigenvalue weighted by Crippen LogP contribution is 2.19. The van der Waals surface area contributed by atoms with Gasteiger partial charge < -0.3 is 15.2 Å². The average molecular weight is 271 g/mol. The van der Waals surface area contributed by atoms with Crippen LogP contribution in [0.15, 0.2) is 36.5 Å². The highest BCUT2D eigenvalue weighted by Gasteiger charge is 2.10. The molecule has 20 heavy (non-hydrogen) atoms. The number of nitrogens with zero attached hydrogens (tertiary/aromatic N) is 1. The lowest BCUT2D eigenvalue weighted by atomic mass is 10.1. The van der Waals surface area contributed by atoms with E-state index in [1.165, 1.54) is 5.69 Å². The molecule has 106 valence electrons. The Labute approximate surface area is 119 Å². The highest BCUT2D eigenvalue weighted by atomic mass is 16.1. The van der Waals surface area contributed by atoms with E-state index >= 15 is 0 Å². The third-order valence-corrected chi connectivity index (χ3v) is 3.53. The first-order chi connectivity index (χ1) is 9.67. The number of carbonyl (C=O) groups excluding carboxylic acids is 1. The fourth-order valence-corrected chi connectivity index (χ4v) is 2.31. The van der Waals surface area contributed by atoms with Gasteiger partial charge in [-0.15, -0.1) is 0 Å².